The lowest BCUT2D eigenvalue weighted by Gasteiger charge is -2.34. The van der Waals surface area contributed by atoms with Crippen LogP contribution in [-0.2, 0) is 10.0 Å². The Morgan fingerprint density at radius 3 is 2.12 bits per heavy atom. The summed E-state index contributed by atoms with van der Waals surface area (Å²) in [5, 5.41) is 1.90. The molecule has 0 spiro atoms. The summed E-state index contributed by atoms with van der Waals surface area (Å²) in [6, 6.07) is 17.1. The smallest absolute Gasteiger partial charge is 0.236 e. The summed E-state index contributed by atoms with van der Waals surface area (Å²) in [4.78, 5) is 2.20. The fraction of sp³-hybridized carbons (Fsp3) is 0.222. The molecule has 3 rings (SSSR count). The first-order chi connectivity index (χ1) is 11.5. The SMILES string of the molecule is O=S(=O)(/C=C/c1ccc(Cl)cc1)N1CCN(c2ccccc2)CC1. The van der Waals surface area contributed by atoms with Crippen LogP contribution in [0.4, 0.5) is 5.69 Å². The van der Waals surface area contributed by atoms with Gasteiger partial charge in [-0.2, -0.15) is 4.31 Å². The molecule has 0 N–H and O–H groups in total. The Labute approximate surface area is 148 Å². The number of nitrogens with zero attached hydrogens (tertiary/aromatic N) is 2. The van der Waals surface area contributed by atoms with Crippen LogP contribution in [0.1, 0.15) is 5.56 Å². The average Bonchev–Trinajstić information content (AvgIpc) is 2.62. The third-order valence-electron chi connectivity index (χ3n) is 4.02. The molecule has 6 heteroatoms. The van der Waals surface area contributed by atoms with Gasteiger partial charge in [0, 0.05) is 42.3 Å². The molecule has 0 bridgehead atoms. The molecular weight excluding hydrogens is 344 g/mol. The summed E-state index contributed by atoms with van der Waals surface area (Å²) in [6.45, 7) is 2.36. The van der Waals surface area contributed by atoms with Crippen molar-refractivity contribution < 1.29 is 8.42 Å². The Morgan fingerprint density at radius 1 is 0.875 bits per heavy atom. The molecule has 1 fully saturated rings. The summed E-state index contributed by atoms with van der Waals surface area (Å²) < 4.78 is 26.5. The standard InChI is InChI=1S/C18H19ClN2O2S/c19-17-8-6-16(7-9-17)10-15-24(22,23)21-13-11-20(12-14-21)18-4-2-1-3-5-18/h1-10,15H,11-14H2/b15-10+. The monoisotopic (exact) mass is 362 g/mol. The lowest BCUT2D eigenvalue weighted by Crippen LogP contribution is -2.48. The van der Waals surface area contributed by atoms with Crippen molar-refractivity contribution in [2.24, 2.45) is 0 Å². The van der Waals surface area contributed by atoms with E-state index in [1.165, 1.54) is 9.71 Å². The van der Waals surface area contributed by atoms with E-state index in [1.54, 1.807) is 30.3 Å². The molecule has 0 radical (unpaired) electrons. The number of halogens is 1. The second-order valence-electron chi connectivity index (χ2n) is 5.62. The van der Waals surface area contributed by atoms with Gasteiger partial charge in [0.2, 0.25) is 10.0 Å². The first-order valence-corrected chi connectivity index (χ1v) is 9.66. The van der Waals surface area contributed by atoms with Crippen LogP contribution in [-0.4, -0.2) is 38.9 Å². The van der Waals surface area contributed by atoms with Gasteiger partial charge in [0.05, 0.1) is 0 Å². The minimum atomic E-state index is -3.40. The zero-order valence-corrected chi connectivity index (χ0v) is 14.7. The third kappa shape index (κ3) is 4.17. The van der Waals surface area contributed by atoms with Crippen LogP contribution in [0.15, 0.2) is 60.0 Å². The number of anilines is 1. The van der Waals surface area contributed by atoms with Gasteiger partial charge in [-0.1, -0.05) is 41.9 Å². The van der Waals surface area contributed by atoms with Crippen LogP contribution < -0.4 is 4.90 Å². The fourth-order valence-corrected chi connectivity index (χ4v) is 3.96. The minimum Gasteiger partial charge on any atom is -0.369 e. The van der Waals surface area contributed by atoms with Crippen molar-refractivity contribution in [2.75, 3.05) is 31.1 Å². The molecular formula is C18H19ClN2O2S. The van der Waals surface area contributed by atoms with E-state index in [-0.39, 0.29) is 0 Å². The van der Waals surface area contributed by atoms with Crippen molar-refractivity contribution in [1.29, 1.82) is 0 Å². The van der Waals surface area contributed by atoms with Crippen LogP contribution in [0.2, 0.25) is 5.02 Å². The van der Waals surface area contributed by atoms with E-state index >= 15 is 0 Å². The second-order valence-corrected chi connectivity index (χ2v) is 7.88. The maximum atomic E-state index is 12.5. The summed E-state index contributed by atoms with van der Waals surface area (Å²) in [5.74, 6) is 0. The van der Waals surface area contributed by atoms with E-state index < -0.39 is 10.0 Å². The normalized spacial score (nSPS) is 16.6. The second kappa shape index (κ2) is 7.38. The number of hydrogen-bond donors (Lipinski definition) is 0. The molecule has 1 saturated heterocycles. The highest BCUT2D eigenvalue weighted by Gasteiger charge is 2.24. The Bertz CT molecular complexity index is 797. The van der Waals surface area contributed by atoms with Gasteiger partial charge < -0.3 is 4.90 Å². The molecule has 0 saturated carbocycles. The molecule has 0 aromatic heterocycles. The van der Waals surface area contributed by atoms with Crippen molar-refractivity contribution >= 4 is 33.4 Å². The van der Waals surface area contributed by atoms with Crippen LogP contribution in [0.3, 0.4) is 0 Å². The largest absolute Gasteiger partial charge is 0.369 e. The van der Waals surface area contributed by atoms with Crippen molar-refractivity contribution in [3.05, 3.63) is 70.6 Å². The fourth-order valence-electron chi connectivity index (χ4n) is 2.66. The number of sulfonamides is 1. The van der Waals surface area contributed by atoms with Crippen molar-refractivity contribution in [3.63, 3.8) is 0 Å². The molecule has 0 atom stereocenters. The molecule has 24 heavy (non-hydrogen) atoms. The van der Waals surface area contributed by atoms with Gasteiger partial charge in [0.1, 0.15) is 0 Å². The molecule has 0 amide bonds. The Kier molecular flexibility index (Phi) is 5.23. The van der Waals surface area contributed by atoms with Crippen molar-refractivity contribution in [3.8, 4) is 0 Å². The molecule has 0 unspecified atom stereocenters. The highest BCUT2D eigenvalue weighted by Crippen LogP contribution is 2.18. The number of rotatable bonds is 4. The molecule has 1 aliphatic rings. The highest BCUT2D eigenvalue weighted by molar-refractivity contribution is 7.92. The topological polar surface area (TPSA) is 40.6 Å². The quantitative estimate of drug-likeness (QED) is 0.836. The maximum Gasteiger partial charge on any atom is 0.236 e. The maximum absolute atomic E-state index is 12.5. The van der Waals surface area contributed by atoms with Crippen molar-refractivity contribution in [2.45, 2.75) is 0 Å². The zero-order valence-electron chi connectivity index (χ0n) is 13.2. The van der Waals surface area contributed by atoms with Gasteiger partial charge >= 0.3 is 0 Å². The summed E-state index contributed by atoms with van der Waals surface area (Å²) in [6.07, 6.45) is 1.61. The predicted molar refractivity (Wildman–Crippen MR) is 99.6 cm³/mol. The van der Waals surface area contributed by atoms with Crippen molar-refractivity contribution in [1.82, 2.24) is 4.31 Å². The minimum absolute atomic E-state index is 0.488. The molecule has 126 valence electrons. The highest BCUT2D eigenvalue weighted by atomic mass is 35.5. The number of hydrogen-bond acceptors (Lipinski definition) is 3. The first-order valence-electron chi connectivity index (χ1n) is 7.78. The van der Waals surface area contributed by atoms with Crippen LogP contribution >= 0.6 is 11.6 Å². The van der Waals surface area contributed by atoms with Gasteiger partial charge in [-0.3, -0.25) is 0 Å². The van der Waals surface area contributed by atoms with E-state index in [4.69, 9.17) is 11.6 Å². The van der Waals surface area contributed by atoms with Gasteiger partial charge in [-0.25, -0.2) is 8.42 Å². The molecule has 4 nitrogen and oxygen atoms in total. The van der Waals surface area contributed by atoms with E-state index in [9.17, 15) is 8.42 Å². The molecule has 0 aliphatic carbocycles. The van der Waals surface area contributed by atoms with Gasteiger partial charge in [-0.15, -0.1) is 0 Å². The molecule has 1 aliphatic heterocycles. The van der Waals surface area contributed by atoms with Crippen LogP contribution in [0.25, 0.3) is 6.08 Å². The van der Waals surface area contributed by atoms with Crippen LogP contribution in [0.5, 0.6) is 0 Å². The Morgan fingerprint density at radius 2 is 1.50 bits per heavy atom. The van der Waals surface area contributed by atoms with Gasteiger partial charge in [0.25, 0.3) is 0 Å². The average molecular weight is 363 g/mol. The Hall–Kier alpha value is -1.82. The van der Waals surface area contributed by atoms with E-state index in [0.29, 0.717) is 31.2 Å². The molecule has 1 heterocycles. The van der Waals surface area contributed by atoms with E-state index in [1.807, 2.05) is 30.3 Å². The first kappa shape index (κ1) is 17.0. The van der Waals surface area contributed by atoms with Gasteiger partial charge in [-0.05, 0) is 35.9 Å². The lowest BCUT2D eigenvalue weighted by molar-refractivity contribution is 0.390. The zero-order chi connectivity index (χ0) is 17.0. The van der Waals surface area contributed by atoms with E-state index in [2.05, 4.69) is 4.90 Å². The number of para-hydroxylation sites is 1. The predicted octanol–water partition coefficient (Wildman–Crippen LogP) is 3.46. The lowest BCUT2D eigenvalue weighted by atomic mass is 10.2. The Balaban J connectivity index is 1.63. The van der Waals surface area contributed by atoms with Crippen LogP contribution in [0, 0.1) is 0 Å². The third-order valence-corrected chi connectivity index (χ3v) is 5.84. The van der Waals surface area contributed by atoms with E-state index in [0.717, 1.165) is 11.3 Å². The summed E-state index contributed by atoms with van der Waals surface area (Å²) in [7, 11) is -3.40. The number of benzene rings is 2. The molecule has 2 aromatic carbocycles. The summed E-state index contributed by atoms with van der Waals surface area (Å²) >= 11 is 5.83. The van der Waals surface area contributed by atoms with Gasteiger partial charge in [0.15, 0.2) is 0 Å². The number of piperazine rings is 1. The summed E-state index contributed by atoms with van der Waals surface area (Å²) in [5.41, 5.74) is 1.94. The molecule has 2 aromatic rings.